The number of piperidine rings is 1. The Balaban J connectivity index is 1.93. The number of primary amides is 1. The molecule has 4 nitrogen and oxygen atoms in total. The van der Waals surface area contributed by atoms with E-state index in [9.17, 15) is 4.79 Å². The number of carbonyl (C=O) groups is 1. The lowest BCUT2D eigenvalue weighted by atomic mass is 10.1. The van der Waals surface area contributed by atoms with Crippen molar-refractivity contribution in [3.05, 3.63) is 21.9 Å². The number of nitrogens with one attached hydrogen (secondary N) is 1. The Labute approximate surface area is 106 Å². The van der Waals surface area contributed by atoms with Crippen LogP contribution in [0.5, 0.6) is 0 Å². The maximum atomic E-state index is 11.0. The van der Waals surface area contributed by atoms with Crippen LogP contribution in [0.2, 0.25) is 0 Å². The van der Waals surface area contributed by atoms with E-state index in [2.05, 4.69) is 10.2 Å². The Morgan fingerprint density at radius 2 is 2.53 bits per heavy atom. The van der Waals surface area contributed by atoms with Crippen LogP contribution in [-0.2, 0) is 6.54 Å². The molecule has 17 heavy (non-hydrogen) atoms. The highest BCUT2D eigenvalue weighted by molar-refractivity contribution is 7.10. The highest BCUT2D eigenvalue weighted by Gasteiger charge is 2.19. The van der Waals surface area contributed by atoms with Crippen LogP contribution in [0.15, 0.2) is 11.4 Å². The molecule has 0 aromatic carbocycles. The van der Waals surface area contributed by atoms with Crippen LogP contribution < -0.4 is 11.1 Å². The summed E-state index contributed by atoms with van der Waals surface area (Å²) < 4.78 is 0. The van der Waals surface area contributed by atoms with Crippen LogP contribution in [-0.4, -0.2) is 37.0 Å². The van der Waals surface area contributed by atoms with Crippen LogP contribution >= 0.6 is 11.3 Å². The molecule has 0 bridgehead atoms. The maximum absolute atomic E-state index is 11.0. The molecule has 3 N–H and O–H groups in total. The van der Waals surface area contributed by atoms with Crippen molar-refractivity contribution in [3.8, 4) is 0 Å². The third-order valence-electron chi connectivity index (χ3n) is 3.23. The molecule has 1 amide bonds. The summed E-state index contributed by atoms with van der Waals surface area (Å²) in [4.78, 5) is 14.7. The van der Waals surface area contributed by atoms with Gasteiger partial charge in [-0.15, -0.1) is 11.3 Å². The van der Waals surface area contributed by atoms with Gasteiger partial charge in [0.1, 0.15) is 0 Å². The second-order valence-corrected chi connectivity index (χ2v) is 5.52. The van der Waals surface area contributed by atoms with Gasteiger partial charge in [-0.25, -0.2) is 0 Å². The minimum Gasteiger partial charge on any atom is -0.366 e. The first-order valence-corrected chi connectivity index (χ1v) is 6.84. The first-order chi connectivity index (χ1) is 8.19. The van der Waals surface area contributed by atoms with E-state index in [1.807, 2.05) is 18.5 Å². The molecule has 2 heterocycles. The van der Waals surface area contributed by atoms with E-state index in [1.165, 1.54) is 17.7 Å². The molecule has 0 spiro atoms. The van der Waals surface area contributed by atoms with Crippen LogP contribution in [0.4, 0.5) is 0 Å². The zero-order chi connectivity index (χ0) is 12.3. The molecule has 1 fully saturated rings. The highest BCUT2D eigenvalue weighted by atomic mass is 32.1. The topological polar surface area (TPSA) is 58.4 Å². The van der Waals surface area contributed by atoms with Gasteiger partial charge in [0, 0.05) is 29.4 Å². The Morgan fingerprint density at radius 1 is 1.71 bits per heavy atom. The first kappa shape index (κ1) is 12.5. The number of nitrogens with two attached hydrogens (primary N) is 1. The van der Waals surface area contributed by atoms with Crippen molar-refractivity contribution in [2.24, 2.45) is 5.73 Å². The predicted octanol–water partition coefficient (Wildman–Crippen LogP) is 1.03. The fourth-order valence-electron chi connectivity index (χ4n) is 2.25. The van der Waals surface area contributed by atoms with Crippen LogP contribution in [0.1, 0.15) is 28.1 Å². The lowest BCUT2D eigenvalue weighted by Gasteiger charge is -2.32. The fourth-order valence-corrected chi connectivity index (χ4v) is 3.16. The summed E-state index contributed by atoms with van der Waals surface area (Å²) in [7, 11) is 2.02. The third-order valence-corrected chi connectivity index (χ3v) is 4.15. The van der Waals surface area contributed by atoms with Gasteiger partial charge >= 0.3 is 0 Å². The van der Waals surface area contributed by atoms with E-state index < -0.39 is 0 Å². The van der Waals surface area contributed by atoms with Gasteiger partial charge in [-0.2, -0.15) is 0 Å². The van der Waals surface area contributed by atoms with Crippen molar-refractivity contribution in [2.75, 3.05) is 20.1 Å². The SMILES string of the molecule is CNC1CCCN(Cc2cc(C(N)=O)cs2)C1. The summed E-state index contributed by atoms with van der Waals surface area (Å²) >= 11 is 1.62. The molecular weight excluding hydrogens is 234 g/mol. The lowest BCUT2D eigenvalue weighted by molar-refractivity contribution is 0.100. The number of thiophene rings is 1. The minimum absolute atomic E-state index is 0.334. The molecule has 1 atom stereocenters. The normalized spacial score (nSPS) is 21.6. The fraction of sp³-hybridized carbons (Fsp3) is 0.583. The number of nitrogens with zero attached hydrogens (tertiary/aromatic N) is 1. The van der Waals surface area contributed by atoms with Gasteiger partial charge in [-0.05, 0) is 32.5 Å². The van der Waals surface area contributed by atoms with Gasteiger partial charge in [0.25, 0.3) is 0 Å². The summed E-state index contributed by atoms with van der Waals surface area (Å²) in [5.74, 6) is -0.334. The molecule has 1 unspecified atom stereocenters. The van der Waals surface area contributed by atoms with Gasteiger partial charge in [-0.1, -0.05) is 0 Å². The molecule has 1 aromatic rings. The first-order valence-electron chi connectivity index (χ1n) is 5.96. The smallest absolute Gasteiger partial charge is 0.249 e. The molecule has 0 radical (unpaired) electrons. The Hall–Kier alpha value is -0.910. The van der Waals surface area contributed by atoms with E-state index >= 15 is 0 Å². The maximum Gasteiger partial charge on any atom is 0.249 e. The summed E-state index contributed by atoms with van der Waals surface area (Å²) in [5, 5.41) is 5.18. The molecule has 5 heteroatoms. The summed E-state index contributed by atoms with van der Waals surface area (Å²) in [5.41, 5.74) is 5.88. The average Bonchev–Trinajstić information content (AvgIpc) is 2.78. The molecular formula is C12H19N3OS. The molecule has 1 aliphatic heterocycles. The standard InChI is InChI=1S/C12H19N3OS/c1-14-10-3-2-4-15(6-10)7-11-5-9(8-17-11)12(13)16/h5,8,10,14H,2-4,6-7H2,1H3,(H2,13,16). The van der Waals surface area contributed by atoms with E-state index in [-0.39, 0.29) is 5.91 Å². The van der Waals surface area contributed by atoms with Gasteiger partial charge in [0.05, 0.1) is 5.56 Å². The monoisotopic (exact) mass is 253 g/mol. The van der Waals surface area contributed by atoms with Gasteiger partial charge in [0.2, 0.25) is 5.91 Å². The summed E-state index contributed by atoms with van der Waals surface area (Å²) in [6.07, 6.45) is 2.49. The van der Waals surface area contributed by atoms with Crippen LogP contribution in [0.3, 0.4) is 0 Å². The Kier molecular flexibility index (Phi) is 4.15. The number of hydrogen-bond acceptors (Lipinski definition) is 4. The molecule has 2 rings (SSSR count). The molecule has 1 aromatic heterocycles. The van der Waals surface area contributed by atoms with Crippen molar-refractivity contribution in [3.63, 3.8) is 0 Å². The van der Waals surface area contributed by atoms with E-state index in [0.717, 1.165) is 19.6 Å². The van der Waals surface area contributed by atoms with Gasteiger partial charge < -0.3 is 11.1 Å². The Morgan fingerprint density at radius 3 is 3.18 bits per heavy atom. The van der Waals surface area contributed by atoms with E-state index in [0.29, 0.717) is 11.6 Å². The Bertz CT molecular complexity index is 391. The van der Waals surface area contributed by atoms with Crippen molar-refractivity contribution >= 4 is 17.2 Å². The minimum atomic E-state index is -0.334. The number of likely N-dealkylation sites (N-methyl/N-ethyl adjacent to an activating group) is 1. The van der Waals surface area contributed by atoms with Gasteiger partial charge in [0.15, 0.2) is 0 Å². The summed E-state index contributed by atoms with van der Waals surface area (Å²) in [6, 6.07) is 2.51. The molecule has 0 saturated carbocycles. The van der Waals surface area contributed by atoms with Crippen molar-refractivity contribution in [1.82, 2.24) is 10.2 Å². The predicted molar refractivity (Wildman–Crippen MR) is 70.2 cm³/mol. The van der Waals surface area contributed by atoms with Crippen LogP contribution in [0, 0.1) is 0 Å². The number of hydrogen-bond donors (Lipinski definition) is 2. The van der Waals surface area contributed by atoms with E-state index in [1.54, 1.807) is 11.3 Å². The zero-order valence-corrected chi connectivity index (χ0v) is 10.9. The molecule has 1 aliphatic rings. The number of amides is 1. The third kappa shape index (κ3) is 3.28. The highest BCUT2D eigenvalue weighted by Crippen LogP contribution is 2.19. The average molecular weight is 253 g/mol. The van der Waals surface area contributed by atoms with Crippen molar-refractivity contribution in [1.29, 1.82) is 0 Å². The molecule has 1 saturated heterocycles. The quantitative estimate of drug-likeness (QED) is 0.842. The zero-order valence-electron chi connectivity index (χ0n) is 10.1. The second kappa shape index (κ2) is 5.62. The molecule has 94 valence electrons. The largest absolute Gasteiger partial charge is 0.366 e. The molecule has 0 aliphatic carbocycles. The van der Waals surface area contributed by atoms with Crippen LogP contribution in [0.25, 0.3) is 0 Å². The summed E-state index contributed by atoms with van der Waals surface area (Å²) in [6.45, 7) is 3.15. The second-order valence-electron chi connectivity index (χ2n) is 4.53. The van der Waals surface area contributed by atoms with Crippen molar-refractivity contribution in [2.45, 2.75) is 25.4 Å². The number of likely N-dealkylation sites (tertiary alicyclic amines) is 1. The lowest BCUT2D eigenvalue weighted by Crippen LogP contribution is -2.43. The van der Waals surface area contributed by atoms with E-state index in [4.69, 9.17) is 5.73 Å². The van der Waals surface area contributed by atoms with Crippen molar-refractivity contribution < 1.29 is 4.79 Å². The van der Waals surface area contributed by atoms with Gasteiger partial charge in [-0.3, -0.25) is 9.69 Å². The number of rotatable bonds is 4. The number of carbonyl (C=O) groups excluding carboxylic acids is 1.